The Labute approximate surface area is 151 Å². The lowest BCUT2D eigenvalue weighted by atomic mass is 9.95. The predicted octanol–water partition coefficient (Wildman–Crippen LogP) is 4.04. The highest BCUT2D eigenvalue weighted by Crippen LogP contribution is 2.31. The van der Waals surface area contributed by atoms with E-state index in [0.29, 0.717) is 30.3 Å². The summed E-state index contributed by atoms with van der Waals surface area (Å²) < 4.78 is 25.4. The second-order valence-corrected chi connectivity index (χ2v) is 6.44. The fourth-order valence-electron chi connectivity index (χ4n) is 3.20. The Bertz CT molecular complexity index is 782. The molecule has 0 bridgehead atoms. The van der Waals surface area contributed by atoms with Crippen molar-refractivity contribution >= 4 is 11.4 Å². The molecular weight excluding hydrogens is 339 g/mol. The number of ether oxygens (including phenoxy) is 2. The summed E-state index contributed by atoms with van der Waals surface area (Å²) in [6.45, 7) is 3.37. The molecule has 1 aliphatic heterocycles. The zero-order valence-electron chi connectivity index (χ0n) is 14.7. The molecule has 0 radical (unpaired) electrons. The van der Waals surface area contributed by atoms with E-state index in [-0.39, 0.29) is 23.5 Å². The van der Waals surface area contributed by atoms with Crippen molar-refractivity contribution in [1.29, 1.82) is 0 Å². The van der Waals surface area contributed by atoms with Crippen LogP contribution < -0.4 is 14.4 Å². The van der Waals surface area contributed by atoms with Crippen molar-refractivity contribution in [2.45, 2.75) is 19.4 Å². The van der Waals surface area contributed by atoms with Crippen molar-refractivity contribution in [3.05, 3.63) is 58.4 Å². The average Bonchev–Trinajstić information content (AvgIpc) is 2.64. The number of rotatable bonds is 5. The van der Waals surface area contributed by atoms with Gasteiger partial charge in [0.15, 0.2) is 0 Å². The minimum absolute atomic E-state index is 0.0265. The van der Waals surface area contributed by atoms with Gasteiger partial charge in [-0.15, -0.1) is 0 Å². The third-order valence-electron chi connectivity index (χ3n) is 4.66. The van der Waals surface area contributed by atoms with E-state index in [1.807, 2.05) is 4.90 Å². The second-order valence-electron chi connectivity index (χ2n) is 6.44. The highest BCUT2D eigenvalue weighted by atomic mass is 19.1. The van der Waals surface area contributed by atoms with Crippen LogP contribution in [0.1, 0.15) is 13.3 Å². The summed E-state index contributed by atoms with van der Waals surface area (Å²) in [5, 5.41) is 10.7. The molecule has 0 aromatic heterocycles. The van der Waals surface area contributed by atoms with Gasteiger partial charge in [-0.3, -0.25) is 10.1 Å². The Morgan fingerprint density at radius 2 is 1.88 bits per heavy atom. The van der Waals surface area contributed by atoms with Gasteiger partial charge in [0.2, 0.25) is 0 Å². The van der Waals surface area contributed by atoms with Crippen molar-refractivity contribution in [2.75, 3.05) is 25.1 Å². The van der Waals surface area contributed by atoms with E-state index < -0.39 is 4.92 Å². The lowest BCUT2D eigenvalue weighted by Gasteiger charge is -2.38. The van der Waals surface area contributed by atoms with Gasteiger partial charge in [0.05, 0.1) is 17.7 Å². The molecule has 7 heteroatoms. The van der Waals surface area contributed by atoms with Gasteiger partial charge in [0.25, 0.3) is 5.69 Å². The molecule has 1 saturated heterocycles. The fourth-order valence-corrected chi connectivity index (χ4v) is 3.20. The molecule has 0 N–H and O–H groups in total. The molecule has 2 aromatic rings. The smallest absolute Gasteiger partial charge is 0.269 e. The van der Waals surface area contributed by atoms with Crippen molar-refractivity contribution in [3.8, 4) is 11.5 Å². The standard InChI is InChI=1S/C19H21FN2O4/c1-13-12-21(18-11-16(25-2)7-8-17(18)20)10-9-19(13)26-15-5-3-14(4-6-15)22(23)24/h3-8,11,13,19H,9-10,12H2,1-2H3. The first-order valence-corrected chi connectivity index (χ1v) is 8.47. The molecule has 0 aliphatic carbocycles. The molecule has 1 fully saturated rings. The molecule has 26 heavy (non-hydrogen) atoms. The number of non-ortho nitro benzene ring substituents is 1. The van der Waals surface area contributed by atoms with Crippen molar-refractivity contribution in [2.24, 2.45) is 5.92 Å². The molecule has 3 rings (SSSR count). The molecule has 6 nitrogen and oxygen atoms in total. The molecule has 0 amide bonds. The van der Waals surface area contributed by atoms with Crippen molar-refractivity contribution < 1.29 is 18.8 Å². The topological polar surface area (TPSA) is 64.8 Å². The fraction of sp³-hybridized carbons (Fsp3) is 0.368. The summed E-state index contributed by atoms with van der Waals surface area (Å²) in [5.41, 5.74) is 0.568. The van der Waals surface area contributed by atoms with Gasteiger partial charge in [0, 0.05) is 43.6 Å². The van der Waals surface area contributed by atoms with Crippen LogP contribution in [0.25, 0.3) is 0 Å². The van der Waals surface area contributed by atoms with Gasteiger partial charge in [-0.05, 0) is 24.3 Å². The summed E-state index contributed by atoms with van der Waals surface area (Å²) in [7, 11) is 1.56. The van der Waals surface area contributed by atoms with Crippen LogP contribution in [0.15, 0.2) is 42.5 Å². The molecule has 1 heterocycles. The lowest BCUT2D eigenvalue weighted by Crippen LogP contribution is -2.44. The molecule has 1 aliphatic rings. The average molecular weight is 360 g/mol. The molecule has 0 saturated carbocycles. The summed E-state index contributed by atoms with van der Waals surface area (Å²) >= 11 is 0. The van der Waals surface area contributed by atoms with Crippen LogP contribution in [0.3, 0.4) is 0 Å². The number of nitro groups is 1. The molecule has 0 spiro atoms. The van der Waals surface area contributed by atoms with Crippen LogP contribution in [0.5, 0.6) is 11.5 Å². The quantitative estimate of drug-likeness (QED) is 0.595. The number of hydrogen-bond acceptors (Lipinski definition) is 5. The van der Waals surface area contributed by atoms with E-state index in [4.69, 9.17) is 9.47 Å². The Morgan fingerprint density at radius 1 is 1.19 bits per heavy atom. The van der Waals surface area contributed by atoms with Gasteiger partial charge in [-0.25, -0.2) is 4.39 Å². The first-order chi connectivity index (χ1) is 12.5. The number of methoxy groups -OCH3 is 1. The molecule has 2 atom stereocenters. The number of anilines is 1. The predicted molar refractivity (Wildman–Crippen MR) is 96.5 cm³/mol. The highest BCUT2D eigenvalue weighted by Gasteiger charge is 2.29. The minimum Gasteiger partial charge on any atom is -0.497 e. The number of hydrogen-bond donors (Lipinski definition) is 0. The van der Waals surface area contributed by atoms with E-state index in [2.05, 4.69) is 6.92 Å². The number of halogens is 1. The number of piperidine rings is 1. The lowest BCUT2D eigenvalue weighted by molar-refractivity contribution is -0.384. The normalized spacial score (nSPS) is 19.9. The van der Waals surface area contributed by atoms with Gasteiger partial charge in [-0.1, -0.05) is 6.92 Å². The molecule has 2 unspecified atom stereocenters. The monoisotopic (exact) mass is 360 g/mol. The Morgan fingerprint density at radius 3 is 2.50 bits per heavy atom. The summed E-state index contributed by atoms with van der Waals surface area (Å²) in [4.78, 5) is 12.3. The van der Waals surface area contributed by atoms with E-state index in [1.54, 1.807) is 31.4 Å². The number of nitro benzene ring substituents is 1. The largest absolute Gasteiger partial charge is 0.497 e. The van der Waals surface area contributed by atoms with E-state index in [1.165, 1.54) is 18.2 Å². The summed E-state index contributed by atoms with van der Waals surface area (Å²) in [5.74, 6) is 1.13. The SMILES string of the molecule is COc1ccc(F)c(N2CCC(Oc3ccc([N+](=O)[O-])cc3)C(C)C2)c1. The van der Waals surface area contributed by atoms with Crippen molar-refractivity contribution in [1.82, 2.24) is 0 Å². The number of benzene rings is 2. The zero-order chi connectivity index (χ0) is 18.7. The van der Waals surface area contributed by atoms with Crippen LogP contribution in [0.4, 0.5) is 15.8 Å². The third-order valence-corrected chi connectivity index (χ3v) is 4.66. The summed E-state index contributed by atoms with van der Waals surface area (Å²) in [6, 6.07) is 10.8. The molecular formula is C19H21FN2O4. The number of nitrogens with zero attached hydrogens (tertiary/aromatic N) is 2. The zero-order valence-corrected chi connectivity index (χ0v) is 14.7. The molecule has 138 valence electrons. The van der Waals surface area contributed by atoms with Gasteiger partial charge >= 0.3 is 0 Å². The van der Waals surface area contributed by atoms with E-state index >= 15 is 0 Å². The van der Waals surface area contributed by atoms with Gasteiger partial charge in [-0.2, -0.15) is 0 Å². The minimum atomic E-state index is -0.437. The van der Waals surface area contributed by atoms with Crippen molar-refractivity contribution in [3.63, 3.8) is 0 Å². The molecule has 2 aromatic carbocycles. The maximum atomic E-state index is 14.2. The Kier molecular flexibility index (Phi) is 5.25. The van der Waals surface area contributed by atoms with Gasteiger partial charge in [0.1, 0.15) is 23.4 Å². The third kappa shape index (κ3) is 3.87. The van der Waals surface area contributed by atoms with E-state index in [9.17, 15) is 14.5 Å². The van der Waals surface area contributed by atoms with Crippen LogP contribution in [-0.4, -0.2) is 31.2 Å². The van der Waals surface area contributed by atoms with Crippen LogP contribution in [-0.2, 0) is 0 Å². The van der Waals surface area contributed by atoms with Crippen LogP contribution in [0, 0.1) is 21.8 Å². The van der Waals surface area contributed by atoms with Gasteiger partial charge < -0.3 is 14.4 Å². The Hall–Kier alpha value is -2.83. The maximum Gasteiger partial charge on any atom is 0.269 e. The summed E-state index contributed by atoms with van der Waals surface area (Å²) in [6.07, 6.45) is 0.704. The van der Waals surface area contributed by atoms with Crippen LogP contribution >= 0.6 is 0 Å². The highest BCUT2D eigenvalue weighted by molar-refractivity contribution is 5.52. The first-order valence-electron chi connectivity index (χ1n) is 8.47. The Balaban J connectivity index is 1.66. The van der Waals surface area contributed by atoms with E-state index in [0.717, 1.165) is 6.42 Å². The first kappa shape index (κ1) is 18.0. The second kappa shape index (κ2) is 7.59. The van der Waals surface area contributed by atoms with Crippen LogP contribution in [0.2, 0.25) is 0 Å². The maximum absolute atomic E-state index is 14.2.